The van der Waals surface area contributed by atoms with Gasteiger partial charge in [0, 0.05) is 34.7 Å². The fourth-order valence-electron chi connectivity index (χ4n) is 4.71. The number of fused-ring (bicyclic) bond motifs is 1. The molecule has 5 rings (SSSR count). The fourth-order valence-corrected chi connectivity index (χ4v) is 4.71. The lowest BCUT2D eigenvalue weighted by atomic mass is 9.75. The average Bonchev–Trinajstić information content (AvgIpc) is 3.05. The average molecular weight is 399 g/mol. The zero-order valence-electron chi connectivity index (χ0n) is 17.5. The van der Waals surface area contributed by atoms with E-state index in [4.69, 9.17) is 5.10 Å². The number of carbonyl (C=O) groups is 1. The molecule has 5 heteroatoms. The standard InChI is InChI=1S/C25H25N3O2/c1-14-7-10-17(11-8-14)28-25-22(16(3)27-28)23(18-13-15(2)9-12-20(18)29)24-19(26-25)5-4-6-21(24)30/h7-13,23,26,29H,4-6H2,1-3H3. The minimum absolute atomic E-state index is 0.155. The van der Waals surface area contributed by atoms with Crippen LogP contribution in [-0.2, 0) is 4.79 Å². The van der Waals surface area contributed by atoms with Crippen LogP contribution >= 0.6 is 0 Å². The number of aryl methyl sites for hydroxylation is 3. The van der Waals surface area contributed by atoms with E-state index in [1.165, 1.54) is 5.56 Å². The normalized spacial score (nSPS) is 18.1. The number of anilines is 1. The van der Waals surface area contributed by atoms with Crippen molar-refractivity contribution in [2.45, 2.75) is 46.0 Å². The molecule has 2 N–H and O–H groups in total. The van der Waals surface area contributed by atoms with Gasteiger partial charge in [-0.25, -0.2) is 4.68 Å². The molecule has 1 aliphatic heterocycles. The summed E-state index contributed by atoms with van der Waals surface area (Å²) in [5.41, 5.74) is 7.54. The molecule has 0 saturated heterocycles. The number of aromatic nitrogens is 2. The third-order valence-electron chi connectivity index (χ3n) is 6.18. The number of benzene rings is 2. The highest BCUT2D eigenvalue weighted by Gasteiger charge is 2.39. The van der Waals surface area contributed by atoms with Gasteiger partial charge in [-0.05, 0) is 51.8 Å². The van der Waals surface area contributed by atoms with Crippen LogP contribution in [0.4, 0.5) is 5.82 Å². The molecule has 5 nitrogen and oxygen atoms in total. The largest absolute Gasteiger partial charge is 0.508 e. The van der Waals surface area contributed by atoms with Crippen LogP contribution in [0.25, 0.3) is 5.69 Å². The van der Waals surface area contributed by atoms with E-state index in [-0.39, 0.29) is 17.5 Å². The van der Waals surface area contributed by atoms with Crippen molar-refractivity contribution in [1.29, 1.82) is 0 Å². The second-order valence-electron chi connectivity index (χ2n) is 8.38. The van der Waals surface area contributed by atoms with Crippen molar-refractivity contribution < 1.29 is 9.90 Å². The number of allylic oxidation sites excluding steroid dienone is 2. The molecule has 1 unspecified atom stereocenters. The first-order chi connectivity index (χ1) is 14.4. The number of phenolic OH excluding ortho intramolecular Hbond substituents is 1. The number of phenols is 1. The molecule has 0 amide bonds. The maximum absolute atomic E-state index is 13.0. The number of Topliss-reactive ketones (excluding diaryl/α,β-unsaturated/α-hetero) is 1. The van der Waals surface area contributed by atoms with E-state index in [0.717, 1.165) is 58.0 Å². The molecule has 2 heterocycles. The molecular weight excluding hydrogens is 374 g/mol. The first-order valence-electron chi connectivity index (χ1n) is 10.4. The molecule has 1 aromatic heterocycles. The van der Waals surface area contributed by atoms with Crippen LogP contribution in [0.5, 0.6) is 5.75 Å². The highest BCUT2D eigenvalue weighted by Crippen LogP contribution is 2.49. The van der Waals surface area contributed by atoms with E-state index in [1.807, 2.05) is 30.7 Å². The Morgan fingerprint density at radius 3 is 2.53 bits per heavy atom. The number of hydrogen-bond donors (Lipinski definition) is 2. The zero-order valence-corrected chi connectivity index (χ0v) is 17.5. The predicted octanol–water partition coefficient (Wildman–Crippen LogP) is 5.07. The Hall–Kier alpha value is -3.34. The van der Waals surface area contributed by atoms with E-state index >= 15 is 0 Å². The molecule has 0 fully saturated rings. The lowest BCUT2D eigenvalue weighted by Gasteiger charge is -2.33. The van der Waals surface area contributed by atoms with Crippen LogP contribution in [-0.4, -0.2) is 20.7 Å². The van der Waals surface area contributed by atoms with E-state index in [9.17, 15) is 9.90 Å². The molecular formula is C25H25N3O2. The smallest absolute Gasteiger partial charge is 0.161 e. The summed E-state index contributed by atoms with van der Waals surface area (Å²) in [6.45, 7) is 6.04. The third kappa shape index (κ3) is 2.84. The van der Waals surface area contributed by atoms with Gasteiger partial charge in [-0.2, -0.15) is 5.10 Å². The predicted molar refractivity (Wildman–Crippen MR) is 117 cm³/mol. The van der Waals surface area contributed by atoms with Crippen molar-refractivity contribution >= 4 is 11.6 Å². The second-order valence-corrected chi connectivity index (χ2v) is 8.38. The monoisotopic (exact) mass is 399 g/mol. The van der Waals surface area contributed by atoms with Crippen molar-refractivity contribution in [3.63, 3.8) is 0 Å². The van der Waals surface area contributed by atoms with Gasteiger partial charge in [-0.15, -0.1) is 0 Å². The van der Waals surface area contributed by atoms with E-state index in [1.54, 1.807) is 6.07 Å². The summed E-state index contributed by atoms with van der Waals surface area (Å²) >= 11 is 0. The number of carbonyl (C=O) groups excluding carboxylic acids is 1. The van der Waals surface area contributed by atoms with Gasteiger partial charge in [0.05, 0.1) is 11.4 Å². The number of ketones is 1. The van der Waals surface area contributed by atoms with E-state index in [2.05, 4.69) is 36.5 Å². The number of aromatic hydroxyl groups is 1. The van der Waals surface area contributed by atoms with Crippen LogP contribution in [0.1, 0.15) is 53.1 Å². The molecule has 1 atom stereocenters. The molecule has 0 spiro atoms. The molecule has 0 radical (unpaired) electrons. The Morgan fingerprint density at radius 2 is 1.77 bits per heavy atom. The van der Waals surface area contributed by atoms with Gasteiger partial charge in [-0.3, -0.25) is 4.79 Å². The Labute approximate surface area is 176 Å². The molecule has 0 saturated carbocycles. The van der Waals surface area contributed by atoms with Crippen LogP contribution in [0, 0.1) is 20.8 Å². The SMILES string of the molecule is Cc1ccc(-n2nc(C)c3c2NC2=C(C(=O)CCC2)C3c2cc(C)ccc2O)cc1. The van der Waals surface area contributed by atoms with Crippen molar-refractivity contribution in [2.75, 3.05) is 5.32 Å². The lowest BCUT2D eigenvalue weighted by molar-refractivity contribution is -0.116. The lowest BCUT2D eigenvalue weighted by Crippen LogP contribution is -2.27. The van der Waals surface area contributed by atoms with Crippen molar-refractivity contribution in [2.24, 2.45) is 0 Å². The Kier molecular flexibility index (Phi) is 4.28. The van der Waals surface area contributed by atoms with E-state index in [0.29, 0.717) is 6.42 Å². The Morgan fingerprint density at radius 1 is 1.03 bits per heavy atom. The quantitative estimate of drug-likeness (QED) is 0.631. The molecule has 2 aromatic carbocycles. The van der Waals surface area contributed by atoms with Gasteiger partial charge in [0.2, 0.25) is 0 Å². The van der Waals surface area contributed by atoms with Crippen LogP contribution < -0.4 is 5.32 Å². The van der Waals surface area contributed by atoms with Gasteiger partial charge in [-0.1, -0.05) is 35.4 Å². The van der Waals surface area contributed by atoms with Gasteiger partial charge < -0.3 is 10.4 Å². The molecule has 0 bridgehead atoms. The molecule has 1 aliphatic carbocycles. The number of nitrogens with one attached hydrogen (secondary N) is 1. The van der Waals surface area contributed by atoms with Gasteiger partial charge in [0.25, 0.3) is 0 Å². The van der Waals surface area contributed by atoms with Crippen molar-refractivity contribution in [1.82, 2.24) is 9.78 Å². The minimum Gasteiger partial charge on any atom is -0.508 e. The van der Waals surface area contributed by atoms with Gasteiger partial charge >= 0.3 is 0 Å². The zero-order chi connectivity index (χ0) is 21.0. The van der Waals surface area contributed by atoms with Gasteiger partial charge in [0.15, 0.2) is 5.78 Å². The number of nitrogens with zero attached hydrogens (tertiary/aromatic N) is 2. The van der Waals surface area contributed by atoms with Crippen molar-refractivity contribution in [3.05, 3.63) is 81.7 Å². The summed E-state index contributed by atoms with van der Waals surface area (Å²) in [5, 5.41) is 19.1. The van der Waals surface area contributed by atoms with Crippen LogP contribution in [0.15, 0.2) is 53.7 Å². The summed E-state index contributed by atoms with van der Waals surface area (Å²) < 4.78 is 1.92. The summed E-state index contributed by atoms with van der Waals surface area (Å²) in [5.74, 6) is 0.938. The summed E-state index contributed by atoms with van der Waals surface area (Å²) in [4.78, 5) is 13.0. The fraction of sp³-hybridized carbons (Fsp3) is 0.280. The third-order valence-corrected chi connectivity index (χ3v) is 6.18. The second kappa shape index (κ2) is 6.87. The highest BCUT2D eigenvalue weighted by molar-refractivity contribution is 6.01. The maximum Gasteiger partial charge on any atom is 0.161 e. The maximum atomic E-state index is 13.0. The van der Waals surface area contributed by atoms with Crippen LogP contribution in [0.3, 0.4) is 0 Å². The Bertz CT molecular complexity index is 1200. The van der Waals surface area contributed by atoms with Crippen LogP contribution in [0.2, 0.25) is 0 Å². The minimum atomic E-state index is -0.317. The molecule has 2 aliphatic rings. The number of rotatable bonds is 2. The Balaban J connectivity index is 1.77. The highest BCUT2D eigenvalue weighted by atomic mass is 16.3. The summed E-state index contributed by atoms with van der Waals surface area (Å²) in [7, 11) is 0. The summed E-state index contributed by atoms with van der Waals surface area (Å²) in [6.07, 6.45) is 2.20. The first-order valence-corrected chi connectivity index (χ1v) is 10.4. The van der Waals surface area contributed by atoms with Gasteiger partial charge in [0.1, 0.15) is 11.6 Å². The molecule has 30 heavy (non-hydrogen) atoms. The summed E-state index contributed by atoms with van der Waals surface area (Å²) in [6, 6.07) is 13.9. The topological polar surface area (TPSA) is 67.2 Å². The van der Waals surface area contributed by atoms with Crippen molar-refractivity contribution in [3.8, 4) is 11.4 Å². The molecule has 152 valence electrons. The number of hydrogen-bond acceptors (Lipinski definition) is 4. The first kappa shape index (κ1) is 18.7. The molecule has 3 aromatic rings. The van der Waals surface area contributed by atoms with E-state index < -0.39 is 0 Å².